The number of thiophene rings is 1. The summed E-state index contributed by atoms with van der Waals surface area (Å²) < 4.78 is 0. The second-order valence-corrected chi connectivity index (χ2v) is 6.15. The fourth-order valence-corrected chi connectivity index (χ4v) is 2.57. The third-order valence-corrected chi connectivity index (χ3v) is 3.47. The standard InChI is InChI=1S/C13H19NO3S/c1-8(2)6-11(13(16)17)14-12(15)7-10-5-4-9(3)18-10/h4-5,8,11H,6-7H2,1-3H3,(H,14,15)(H,16,17). The number of rotatable bonds is 6. The van der Waals surface area contributed by atoms with Gasteiger partial charge in [-0.1, -0.05) is 13.8 Å². The highest BCUT2D eigenvalue weighted by Crippen LogP contribution is 2.15. The molecule has 100 valence electrons. The first-order valence-electron chi connectivity index (χ1n) is 5.96. The summed E-state index contributed by atoms with van der Waals surface area (Å²) in [5.74, 6) is -0.973. The predicted molar refractivity (Wildman–Crippen MR) is 71.8 cm³/mol. The maximum Gasteiger partial charge on any atom is 0.326 e. The molecule has 0 radical (unpaired) electrons. The molecule has 5 heteroatoms. The van der Waals surface area contributed by atoms with Crippen LogP contribution in [0.1, 0.15) is 30.0 Å². The van der Waals surface area contributed by atoms with Gasteiger partial charge in [0, 0.05) is 9.75 Å². The summed E-state index contributed by atoms with van der Waals surface area (Å²) in [6, 6.07) is 3.06. The Kier molecular flexibility index (Phi) is 5.34. The van der Waals surface area contributed by atoms with Crippen molar-refractivity contribution in [1.82, 2.24) is 5.32 Å². The third-order valence-electron chi connectivity index (χ3n) is 2.47. The van der Waals surface area contributed by atoms with Crippen LogP contribution in [0.5, 0.6) is 0 Å². The smallest absolute Gasteiger partial charge is 0.326 e. The number of nitrogens with one attached hydrogen (secondary N) is 1. The topological polar surface area (TPSA) is 66.4 Å². The molecule has 0 saturated carbocycles. The van der Waals surface area contributed by atoms with Gasteiger partial charge in [0.25, 0.3) is 0 Å². The largest absolute Gasteiger partial charge is 0.480 e. The van der Waals surface area contributed by atoms with Crippen molar-refractivity contribution in [1.29, 1.82) is 0 Å². The Morgan fingerprint density at radius 2 is 2.06 bits per heavy atom. The minimum atomic E-state index is -0.973. The van der Waals surface area contributed by atoms with Crippen molar-refractivity contribution in [3.63, 3.8) is 0 Å². The molecule has 1 rings (SSSR count). The van der Waals surface area contributed by atoms with E-state index in [1.807, 2.05) is 32.9 Å². The molecule has 0 spiro atoms. The molecule has 1 amide bonds. The molecule has 0 fully saturated rings. The lowest BCUT2D eigenvalue weighted by Gasteiger charge is -2.16. The molecule has 0 aromatic carbocycles. The number of carbonyl (C=O) groups is 2. The maximum atomic E-state index is 11.8. The summed E-state index contributed by atoms with van der Waals surface area (Å²) >= 11 is 1.56. The van der Waals surface area contributed by atoms with Gasteiger partial charge >= 0.3 is 5.97 Å². The average Bonchev–Trinajstić information content (AvgIpc) is 2.62. The number of amides is 1. The van der Waals surface area contributed by atoms with Crippen molar-refractivity contribution in [3.05, 3.63) is 21.9 Å². The van der Waals surface area contributed by atoms with E-state index in [1.54, 1.807) is 11.3 Å². The van der Waals surface area contributed by atoms with E-state index < -0.39 is 12.0 Å². The van der Waals surface area contributed by atoms with E-state index in [9.17, 15) is 9.59 Å². The number of carboxylic acid groups (broad SMARTS) is 1. The number of hydrogen-bond acceptors (Lipinski definition) is 3. The van der Waals surface area contributed by atoms with Crippen LogP contribution in [0.15, 0.2) is 12.1 Å². The van der Waals surface area contributed by atoms with Gasteiger partial charge in [-0.25, -0.2) is 4.79 Å². The van der Waals surface area contributed by atoms with Crippen molar-refractivity contribution in [2.45, 2.75) is 39.7 Å². The first-order chi connectivity index (χ1) is 8.38. The number of carbonyl (C=O) groups excluding carboxylic acids is 1. The first-order valence-corrected chi connectivity index (χ1v) is 6.77. The molecule has 0 bridgehead atoms. The van der Waals surface area contributed by atoms with Crippen molar-refractivity contribution in [2.75, 3.05) is 0 Å². The maximum absolute atomic E-state index is 11.8. The van der Waals surface area contributed by atoms with Gasteiger partial charge in [0.15, 0.2) is 0 Å². The zero-order valence-corrected chi connectivity index (χ0v) is 11.7. The van der Waals surface area contributed by atoms with Gasteiger partial charge in [-0.2, -0.15) is 0 Å². The lowest BCUT2D eigenvalue weighted by Crippen LogP contribution is -2.42. The van der Waals surface area contributed by atoms with E-state index in [-0.39, 0.29) is 18.2 Å². The molecule has 1 aromatic rings. The van der Waals surface area contributed by atoms with Gasteiger partial charge in [-0.3, -0.25) is 4.79 Å². The summed E-state index contributed by atoms with van der Waals surface area (Å²) in [6.07, 6.45) is 0.699. The Bertz CT molecular complexity index is 426. The second kappa shape index (κ2) is 6.54. The summed E-state index contributed by atoms with van der Waals surface area (Å²) in [4.78, 5) is 24.9. The molecule has 4 nitrogen and oxygen atoms in total. The van der Waals surface area contributed by atoms with Crippen LogP contribution in [0.4, 0.5) is 0 Å². The van der Waals surface area contributed by atoms with Gasteiger partial charge in [0.1, 0.15) is 6.04 Å². The lowest BCUT2D eigenvalue weighted by molar-refractivity contribution is -0.142. The van der Waals surface area contributed by atoms with Crippen LogP contribution in [-0.4, -0.2) is 23.0 Å². The van der Waals surface area contributed by atoms with E-state index in [1.165, 1.54) is 0 Å². The third kappa shape index (κ3) is 4.87. The molecule has 1 heterocycles. The van der Waals surface area contributed by atoms with E-state index in [0.717, 1.165) is 9.75 Å². The van der Waals surface area contributed by atoms with E-state index in [4.69, 9.17) is 5.11 Å². The van der Waals surface area contributed by atoms with Crippen molar-refractivity contribution in [3.8, 4) is 0 Å². The normalized spacial score (nSPS) is 12.4. The monoisotopic (exact) mass is 269 g/mol. The number of aliphatic carboxylic acids is 1. The van der Waals surface area contributed by atoms with Gasteiger partial charge in [0.05, 0.1) is 6.42 Å². The number of aryl methyl sites for hydroxylation is 1. The molecule has 18 heavy (non-hydrogen) atoms. The van der Waals surface area contributed by atoms with E-state index >= 15 is 0 Å². The van der Waals surface area contributed by atoms with Gasteiger partial charge in [0.2, 0.25) is 5.91 Å². The molecule has 1 unspecified atom stereocenters. The van der Waals surface area contributed by atoms with Crippen molar-refractivity contribution < 1.29 is 14.7 Å². The van der Waals surface area contributed by atoms with Crippen LogP contribution in [0, 0.1) is 12.8 Å². The Balaban J connectivity index is 2.53. The van der Waals surface area contributed by atoms with Gasteiger partial charge < -0.3 is 10.4 Å². The molecular formula is C13H19NO3S. The zero-order chi connectivity index (χ0) is 13.7. The minimum absolute atomic E-state index is 0.232. The first kappa shape index (κ1) is 14.7. The van der Waals surface area contributed by atoms with E-state index in [2.05, 4.69) is 5.32 Å². The Labute approximate surface area is 111 Å². The van der Waals surface area contributed by atoms with Crippen LogP contribution in [0.2, 0.25) is 0 Å². The van der Waals surface area contributed by atoms with Crippen molar-refractivity contribution >= 4 is 23.2 Å². The summed E-state index contributed by atoms with van der Waals surface area (Å²) in [5, 5.41) is 11.6. The van der Waals surface area contributed by atoms with Crippen LogP contribution in [0.3, 0.4) is 0 Å². The molecule has 0 aliphatic rings. The summed E-state index contributed by atoms with van der Waals surface area (Å²) in [7, 11) is 0. The highest BCUT2D eigenvalue weighted by Gasteiger charge is 2.21. The number of hydrogen-bond donors (Lipinski definition) is 2. The fourth-order valence-electron chi connectivity index (χ4n) is 1.68. The van der Waals surface area contributed by atoms with Gasteiger partial charge in [-0.15, -0.1) is 11.3 Å². The molecule has 0 aliphatic heterocycles. The van der Waals surface area contributed by atoms with Gasteiger partial charge in [-0.05, 0) is 31.4 Å². The highest BCUT2D eigenvalue weighted by atomic mass is 32.1. The molecule has 0 saturated heterocycles. The predicted octanol–water partition coefficient (Wildman–Crippen LogP) is 2.21. The number of carboxylic acids is 1. The SMILES string of the molecule is Cc1ccc(CC(=O)NC(CC(C)C)C(=O)O)s1. The minimum Gasteiger partial charge on any atom is -0.480 e. The Hall–Kier alpha value is -1.36. The quantitative estimate of drug-likeness (QED) is 0.832. The highest BCUT2D eigenvalue weighted by molar-refractivity contribution is 7.12. The molecule has 2 N–H and O–H groups in total. The molecule has 0 aliphatic carbocycles. The Morgan fingerprint density at radius 3 is 2.50 bits per heavy atom. The average molecular weight is 269 g/mol. The summed E-state index contributed by atoms with van der Waals surface area (Å²) in [5.41, 5.74) is 0. The van der Waals surface area contributed by atoms with Crippen LogP contribution < -0.4 is 5.32 Å². The van der Waals surface area contributed by atoms with Crippen molar-refractivity contribution in [2.24, 2.45) is 5.92 Å². The zero-order valence-electron chi connectivity index (χ0n) is 10.9. The lowest BCUT2D eigenvalue weighted by atomic mass is 10.0. The molecular weight excluding hydrogens is 250 g/mol. The van der Waals surface area contributed by atoms with E-state index in [0.29, 0.717) is 6.42 Å². The van der Waals surface area contributed by atoms with Crippen LogP contribution >= 0.6 is 11.3 Å². The summed E-state index contributed by atoms with van der Waals surface area (Å²) in [6.45, 7) is 5.85. The second-order valence-electron chi connectivity index (χ2n) is 4.78. The Morgan fingerprint density at radius 1 is 1.39 bits per heavy atom. The van der Waals surface area contributed by atoms with Crippen LogP contribution in [-0.2, 0) is 16.0 Å². The molecule has 1 aromatic heterocycles. The van der Waals surface area contributed by atoms with Crippen LogP contribution in [0.25, 0.3) is 0 Å². The fraction of sp³-hybridized carbons (Fsp3) is 0.538. The molecule has 1 atom stereocenters.